The molecule has 1 aromatic heterocycles. The molecule has 2 atom stereocenters. The molecule has 2 saturated heterocycles. The number of aryl methyl sites for hydroxylation is 1. The molecule has 6 heteroatoms. The molecule has 3 heterocycles. The maximum absolute atomic E-state index is 5.47. The van der Waals surface area contributed by atoms with Gasteiger partial charge in [0.25, 0.3) is 0 Å². The van der Waals surface area contributed by atoms with E-state index in [0.717, 1.165) is 45.0 Å². The lowest BCUT2D eigenvalue weighted by Gasteiger charge is -2.27. The first kappa shape index (κ1) is 15.6. The summed E-state index contributed by atoms with van der Waals surface area (Å²) in [4.78, 5) is 2.37. The van der Waals surface area contributed by atoms with Crippen molar-refractivity contribution in [1.82, 2.24) is 20.2 Å². The fourth-order valence-corrected chi connectivity index (χ4v) is 3.93. The average molecular weight is 327 g/mol. The maximum atomic E-state index is 5.47. The Balaban J connectivity index is 1.54. The highest BCUT2D eigenvalue weighted by Crippen LogP contribution is 2.35. The lowest BCUT2D eigenvalue weighted by molar-refractivity contribution is 0.0660. The van der Waals surface area contributed by atoms with Crippen molar-refractivity contribution < 1.29 is 4.74 Å². The Morgan fingerprint density at radius 2 is 1.88 bits per heavy atom. The van der Waals surface area contributed by atoms with Crippen LogP contribution in [0.4, 0.5) is 5.95 Å². The first-order valence-electron chi connectivity index (χ1n) is 8.91. The molecule has 2 fully saturated rings. The molecule has 2 aliphatic rings. The second-order valence-corrected chi connectivity index (χ2v) is 7.11. The summed E-state index contributed by atoms with van der Waals surface area (Å²) in [5, 5.41) is 12.6. The van der Waals surface area contributed by atoms with E-state index in [-0.39, 0.29) is 0 Å². The van der Waals surface area contributed by atoms with Crippen molar-refractivity contribution in [1.29, 1.82) is 0 Å². The average Bonchev–Trinajstić information content (AvgIpc) is 3.23. The number of anilines is 1. The monoisotopic (exact) mass is 327 g/mol. The molecule has 2 unspecified atom stereocenters. The van der Waals surface area contributed by atoms with Crippen LogP contribution < -0.4 is 4.90 Å². The Kier molecular flexibility index (Phi) is 4.22. The predicted molar refractivity (Wildman–Crippen MR) is 92.3 cm³/mol. The van der Waals surface area contributed by atoms with Crippen molar-refractivity contribution in [2.24, 2.45) is 0 Å². The topological polar surface area (TPSA) is 56.1 Å². The number of ether oxygens (including phenoxy) is 1. The molecular formula is C18H25N5O. The van der Waals surface area contributed by atoms with Gasteiger partial charge in [-0.3, -0.25) is 0 Å². The summed E-state index contributed by atoms with van der Waals surface area (Å²) in [6, 6.07) is 9.73. The molecule has 0 bridgehead atoms. The lowest BCUT2D eigenvalue weighted by Crippen LogP contribution is -2.32. The third-order valence-corrected chi connectivity index (χ3v) is 5.39. The maximum Gasteiger partial charge on any atom is 0.246 e. The van der Waals surface area contributed by atoms with Crippen LogP contribution in [0.15, 0.2) is 24.3 Å². The summed E-state index contributed by atoms with van der Waals surface area (Å²) in [5.41, 5.74) is 2.73. The van der Waals surface area contributed by atoms with Crippen LogP contribution in [0, 0.1) is 6.92 Å². The van der Waals surface area contributed by atoms with Gasteiger partial charge in [0.1, 0.15) is 0 Å². The molecular weight excluding hydrogens is 302 g/mol. The molecule has 6 nitrogen and oxygen atoms in total. The molecule has 0 N–H and O–H groups in total. The highest BCUT2D eigenvalue weighted by molar-refractivity contribution is 5.37. The van der Waals surface area contributed by atoms with E-state index in [0.29, 0.717) is 18.0 Å². The zero-order valence-corrected chi connectivity index (χ0v) is 14.4. The Labute approximate surface area is 142 Å². The highest BCUT2D eigenvalue weighted by atomic mass is 16.5. The van der Waals surface area contributed by atoms with Gasteiger partial charge < -0.3 is 9.64 Å². The van der Waals surface area contributed by atoms with Crippen molar-refractivity contribution in [3.8, 4) is 0 Å². The second-order valence-electron chi connectivity index (χ2n) is 7.11. The SMILES string of the molecule is Cc1ccc(C2CC(C)N(c3nnnn3C3CCOCC3)C2)cc1. The van der Waals surface area contributed by atoms with Gasteiger partial charge in [-0.1, -0.05) is 34.9 Å². The Bertz CT molecular complexity index is 677. The third-order valence-electron chi connectivity index (χ3n) is 5.39. The van der Waals surface area contributed by atoms with E-state index in [1.54, 1.807) is 0 Å². The molecule has 0 amide bonds. The van der Waals surface area contributed by atoms with Crippen LogP contribution in [0.25, 0.3) is 0 Å². The van der Waals surface area contributed by atoms with E-state index in [2.05, 4.69) is 58.5 Å². The van der Waals surface area contributed by atoms with Crippen LogP contribution >= 0.6 is 0 Å². The minimum atomic E-state index is 0.356. The van der Waals surface area contributed by atoms with E-state index < -0.39 is 0 Å². The van der Waals surface area contributed by atoms with Crippen LogP contribution in [-0.4, -0.2) is 46.0 Å². The van der Waals surface area contributed by atoms with E-state index >= 15 is 0 Å². The summed E-state index contributed by atoms with van der Waals surface area (Å²) in [5.74, 6) is 1.46. The third kappa shape index (κ3) is 2.90. The van der Waals surface area contributed by atoms with Crippen molar-refractivity contribution in [3.05, 3.63) is 35.4 Å². The van der Waals surface area contributed by atoms with Crippen molar-refractivity contribution in [3.63, 3.8) is 0 Å². The quantitative estimate of drug-likeness (QED) is 0.867. The number of tetrazole rings is 1. The lowest BCUT2D eigenvalue weighted by atomic mass is 9.96. The first-order valence-corrected chi connectivity index (χ1v) is 8.91. The van der Waals surface area contributed by atoms with Gasteiger partial charge >= 0.3 is 0 Å². The fraction of sp³-hybridized carbons (Fsp3) is 0.611. The summed E-state index contributed by atoms with van der Waals surface area (Å²) < 4.78 is 7.50. The molecule has 2 aliphatic heterocycles. The fourth-order valence-electron chi connectivity index (χ4n) is 3.93. The predicted octanol–water partition coefficient (Wildman–Crippen LogP) is 2.72. The molecule has 0 spiro atoms. The summed E-state index contributed by atoms with van der Waals surface area (Å²) >= 11 is 0. The van der Waals surface area contributed by atoms with Gasteiger partial charge in [0.05, 0.1) is 6.04 Å². The first-order chi connectivity index (χ1) is 11.7. The van der Waals surface area contributed by atoms with Gasteiger partial charge in [-0.2, -0.15) is 0 Å². The van der Waals surface area contributed by atoms with E-state index in [4.69, 9.17) is 4.74 Å². The molecule has 0 aliphatic carbocycles. The number of nitrogens with zero attached hydrogens (tertiary/aromatic N) is 5. The van der Waals surface area contributed by atoms with Gasteiger partial charge in [0.15, 0.2) is 0 Å². The Hall–Kier alpha value is -1.95. The molecule has 4 rings (SSSR count). The summed E-state index contributed by atoms with van der Waals surface area (Å²) in [6.07, 6.45) is 3.12. The largest absolute Gasteiger partial charge is 0.381 e. The second kappa shape index (κ2) is 6.51. The van der Waals surface area contributed by atoms with Crippen LogP contribution in [-0.2, 0) is 4.74 Å². The van der Waals surface area contributed by atoms with Gasteiger partial charge in [-0.25, -0.2) is 4.68 Å². The smallest absolute Gasteiger partial charge is 0.246 e. The number of hydrogen-bond acceptors (Lipinski definition) is 5. The molecule has 1 aromatic carbocycles. The van der Waals surface area contributed by atoms with Crippen LogP contribution in [0.2, 0.25) is 0 Å². The molecule has 0 saturated carbocycles. The van der Waals surface area contributed by atoms with Gasteiger partial charge in [0.2, 0.25) is 5.95 Å². The molecule has 128 valence electrons. The van der Waals surface area contributed by atoms with Gasteiger partial charge in [-0.05, 0) is 49.1 Å². The van der Waals surface area contributed by atoms with E-state index in [1.807, 2.05) is 4.68 Å². The Morgan fingerprint density at radius 1 is 1.12 bits per heavy atom. The Morgan fingerprint density at radius 3 is 2.62 bits per heavy atom. The molecule has 2 aromatic rings. The summed E-state index contributed by atoms with van der Waals surface area (Å²) in [7, 11) is 0. The molecule has 0 radical (unpaired) electrons. The van der Waals surface area contributed by atoms with E-state index in [1.165, 1.54) is 11.1 Å². The van der Waals surface area contributed by atoms with Crippen LogP contribution in [0.1, 0.15) is 49.3 Å². The number of benzene rings is 1. The minimum Gasteiger partial charge on any atom is -0.381 e. The van der Waals surface area contributed by atoms with Gasteiger partial charge in [0, 0.05) is 31.7 Å². The number of rotatable bonds is 3. The highest BCUT2D eigenvalue weighted by Gasteiger charge is 2.34. The minimum absolute atomic E-state index is 0.356. The van der Waals surface area contributed by atoms with Crippen molar-refractivity contribution in [2.75, 3.05) is 24.7 Å². The van der Waals surface area contributed by atoms with E-state index in [9.17, 15) is 0 Å². The van der Waals surface area contributed by atoms with Crippen LogP contribution in [0.3, 0.4) is 0 Å². The normalized spacial score (nSPS) is 25.3. The zero-order valence-electron chi connectivity index (χ0n) is 14.4. The zero-order chi connectivity index (χ0) is 16.5. The summed E-state index contributed by atoms with van der Waals surface area (Å²) in [6.45, 7) is 6.98. The van der Waals surface area contributed by atoms with Gasteiger partial charge in [-0.15, -0.1) is 0 Å². The van der Waals surface area contributed by atoms with Crippen molar-refractivity contribution in [2.45, 2.75) is 51.1 Å². The number of hydrogen-bond donors (Lipinski definition) is 0. The molecule has 24 heavy (non-hydrogen) atoms. The standard InChI is InChI=1S/C18H25N5O/c1-13-3-5-15(6-4-13)16-11-14(2)22(12-16)18-19-20-21-23(18)17-7-9-24-10-8-17/h3-6,14,16-17H,7-12H2,1-2H3. The number of aromatic nitrogens is 4. The van der Waals surface area contributed by atoms with Crippen LogP contribution in [0.5, 0.6) is 0 Å². The van der Waals surface area contributed by atoms with Crippen molar-refractivity contribution >= 4 is 5.95 Å².